The molecule has 0 aromatic heterocycles. The number of nitro groups is 2. The van der Waals surface area contributed by atoms with Gasteiger partial charge in [-0.05, 0) is 24.3 Å². The topological polar surface area (TPSA) is 179 Å². The first-order valence-electron chi connectivity index (χ1n) is 9.14. The molecule has 0 aliphatic rings. The summed E-state index contributed by atoms with van der Waals surface area (Å²) in [6.07, 6.45) is 0. The highest BCUT2D eigenvalue weighted by atomic mass is 32.3. The van der Waals surface area contributed by atoms with E-state index in [2.05, 4.69) is 10.6 Å². The van der Waals surface area contributed by atoms with Crippen molar-refractivity contribution < 1.29 is 26.7 Å². The van der Waals surface area contributed by atoms with Crippen molar-refractivity contribution in [3.63, 3.8) is 0 Å². The molecule has 0 amide bonds. The molecular weight excluding hydrogens is 464 g/mol. The van der Waals surface area contributed by atoms with Crippen molar-refractivity contribution in [3.05, 3.63) is 78.8 Å². The molecule has 0 bridgehead atoms. The van der Waals surface area contributed by atoms with Crippen LogP contribution in [0.25, 0.3) is 0 Å². The molecular formula is C18H20N4O8S2. The number of hydrogen-bond donors (Lipinski definition) is 2. The molecule has 2 N–H and O–H groups in total. The van der Waals surface area contributed by atoms with E-state index in [0.717, 1.165) is 24.3 Å². The Labute approximate surface area is 184 Å². The summed E-state index contributed by atoms with van der Waals surface area (Å²) in [6, 6.07) is 9.77. The summed E-state index contributed by atoms with van der Waals surface area (Å²) in [6.45, 7) is 2.58. The van der Waals surface area contributed by atoms with Crippen molar-refractivity contribution >= 4 is 42.4 Å². The van der Waals surface area contributed by atoms with Crippen molar-refractivity contribution in [1.82, 2.24) is 0 Å². The number of rotatable bonds is 10. The second-order valence-corrected chi connectivity index (χ2v) is 11.0. The van der Waals surface area contributed by atoms with Gasteiger partial charge >= 0.3 is 0 Å². The van der Waals surface area contributed by atoms with Crippen LogP contribution in [0.15, 0.2) is 58.6 Å². The van der Waals surface area contributed by atoms with Gasteiger partial charge in [0.25, 0.3) is 11.4 Å². The van der Waals surface area contributed by atoms with Gasteiger partial charge in [0.2, 0.25) is 0 Å². The number of anilines is 2. The minimum Gasteiger partial charge on any atom is -0.340 e. The third-order valence-corrected chi connectivity index (χ3v) is 8.81. The van der Waals surface area contributed by atoms with Crippen LogP contribution in [0.2, 0.25) is 0 Å². The van der Waals surface area contributed by atoms with Crippen LogP contribution in [-0.2, 0) is 19.7 Å². The molecule has 0 spiro atoms. The van der Waals surface area contributed by atoms with Crippen LogP contribution in [-0.4, -0.2) is 38.2 Å². The van der Waals surface area contributed by atoms with E-state index >= 15 is 0 Å². The summed E-state index contributed by atoms with van der Waals surface area (Å²) >= 11 is 0. The zero-order valence-corrected chi connectivity index (χ0v) is 18.6. The van der Waals surface area contributed by atoms with Gasteiger partial charge in [-0.3, -0.25) is 20.2 Å². The highest BCUT2D eigenvalue weighted by Gasteiger charge is 2.32. The molecule has 0 saturated carbocycles. The van der Waals surface area contributed by atoms with Crippen LogP contribution >= 0.6 is 0 Å². The predicted octanol–water partition coefficient (Wildman–Crippen LogP) is 3.02. The van der Waals surface area contributed by atoms with Crippen molar-refractivity contribution in [2.24, 2.45) is 0 Å². The molecule has 32 heavy (non-hydrogen) atoms. The molecule has 0 fully saturated rings. The molecule has 12 nitrogen and oxygen atoms in total. The van der Waals surface area contributed by atoms with Gasteiger partial charge in [-0.15, -0.1) is 0 Å². The Kier molecular flexibility index (Phi) is 7.53. The minimum absolute atomic E-state index is 0.176. The van der Waals surface area contributed by atoms with Crippen molar-refractivity contribution in [2.45, 2.75) is 13.8 Å². The van der Waals surface area contributed by atoms with E-state index in [1.165, 1.54) is 38.1 Å². The van der Waals surface area contributed by atoms with E-state index in [1.54, 1.807) is 0 Å². The molecule has 0 aliphatic carbocycles. The predicted molar refractivity (Wildman–Crippen MR) is 119 cm³/mol. The first kappa shape index (κ1) is 24.7. The summed E-state index contributed by atoms with van der Waals surface area (Å²) in [4.78, 5) is 20.5. The fourth-order valence-corrected chi connectivity index (χ4v) is 6.13. The van der Waals surface area contributed by atoms with Gasteiger partial charge in [0.15, 0.2) is 23.9 Å². The second-order valence-electron chi connectivity index (χ2n) is 6.33. The fraction of sp³-hybridized carbons (Fsp3) is 0.222. The molecule has 0 aliphatic heterocycles. The van der Waals surface area contributed by atoms with Crippen LogP contribution in [0.5, 0.6) is 0 Å². The van der Waals surface area contributed by atoms with Crippen LogP contribution < -0.4 is 10.6 Å². The maximum atomic E-state index is 12.7. The van der Waals surface area contributed by atoms with E-state index in [0.29, 0.717) is 0 Å². The lowest BCUT2D eigenvalue weighted by Gasteiger charge is -2.18. The van der Waals surface area contributed by atoms with E-state index in [-0.39, 0.29) is 22.7 Å². The maximum Gasteiger partial charge on any atom is 0.269 e. The number of nitrogens with one attached hydrogen (secondary N) is 2. The molecule has 0 unspecified atom stereocenters. The first-order chi connectivity index (χ1) is 14.9. The highest BCUT2D eigenvalue weighted by Crippen LogP contribution is 2.26. The van der Waals surface area contributed by atoms with E-state index < -0.39 is 51.1 Å². The smallest absolute Gasteiger partial charge is 0.269 e. The number of nitrogens with zero attached hydrogens (tertiary/aromatic N) is 2. The monoisotopic (exact) mass is 484 g/mol. The van der Waals surface area contributed by atoms with Crippen molar-refractivity contribution in [3.8, 4) is 0 Å². The van der Waals surface area contributed by atoms with E-state index in [4.69, 9.17) is 0 Å². The summed E-state index contributed by atoms with van der Waals surface area (Å²) < 4.78 is 50.0. The van der Waals surface area contributed by atoms with Gasteiger partial charge in [0.05, 0.1) is 21.4 Å². The lowest BCUT2D eigenvalue weighted by molar-refractivity contribution is -0.385. The molecule has 172 valence electrons. The lowest BCUT2D eigenvalue weighted by Crippen LogP contribution is -2.25. The van der Waals surface area contributed by atoms with Gasteiger partial charge in [-0.2, -0.15) is 0 Å². The van der Waals surface area contributed by atoms with E-state index in [9.17, 15) is 37.1 Å². The Morgan fingerprint density at radius 3 is 1.28 bits per heavy atom. The third kappa shape index (κ3) is 5.79. The SMILES string of the molecule is CCS(=O)(=O)C(=C(Nc1ccc([N+](=O)[O-])cc1)Nc1ccc([N+](=O)[O-])cc1)S(=O)(=O)CC. The Bertz CT molecular complexity index is 1160. The molecule has 0 heterocycles. The summed E-state index contributed by atoms with van der Waals surface area (Å²) in [7, 11) is -8.52. The van der Waals surface area contributed by atoms with Gasteiger partial charge in [-0.25, -0.2) is 16.8 Å². The minimum atomic E-state index is -4.26. The highest BCUT2D eigenvalue weighted by molar-refractivity contribution is 8.14. The Morgan fingerprint density at radius 1 is 0.719 bits per heavy atom. The molecule has 2 aromatic rings. The largest absolute Gasteiger partial charge is 0.340 e. The molecule has 0 atom stereocenters. The van der Waals surface area contributed by atoms with Gasteiger partial charge in [-0.1, -0.05) is 13.8 Å². The van der Waals surface area contributed by atoms with E-state index in [1.807, 2.05) is 0 Å². The quantitative estimate of drug-likeness (QED) is 0.376. The average molecular weight is 485 g/mol. The Hall–Kier alpha value is -3.52. The molecule has 2 rings (SSSR count). The zero-order valence-electron chi connectivity index (χ0n) is 17.0. The summed E-state index contributed by atoms with van der Waals surface area (Å²) in [5.41, 5.74) is -0.0794. The van der Waals surface area contributed by atoms with Gasteiger partial charge < -0.3 is 10.6 Å². The van der Waals surface area contributed by atoms with Crippen LogP contribution in [0.1, 0.15) is 13.8 Å². The average Bonchev–Trinajstić information content (AvgIpc) is 2.74. The van der Waals surface area contributed by atoms with Gasteiger partial charge in [0.1, 0.15) is 5.82 Å². The number of non-ortho nitro benzene ring substituents is 2. The number of hydrogen-bond acceptors (Lipinski definition) is 10. The fourth-order valence-electron chi connectivity index (χ4n) is 2.52. The third-order valence-electron chi connectivity index (χ3n) is 4.22. The van der Waals surface area contributed by atoms with Crippen molar-refractivity contribution in [2.75, 3.05) is 22.1 Å². The zero-order chi connectivity index (χ0) is 24.1. The second kappa shape index (κ2) is 9.74. The van der Waals surface area contributed by atoms with Crippen molar-refractivity contribution in [1.29, 1.82) is 0 Å². The Balaban J connectivity index is 2.66. The van der Waals surface area contributed by atoms with Gasteiger partial charge in [0, 0.05) is 35.6 Å². The molecule has 14 heteroatoms. The first-order valence-corrected chi connectivity index (χ1v) is 12.4. The normalized spacial score (nSPS) is 11.4. The molecule has 2 aromatic carbocycles. The molecule has 0 saturated heterocycles. The number of nitro benzene ring substituents is 2. The molecule has 0 radical (unpaired) electrons. The maximum absolute atomic E-state index is 12.7. The van der Waals surface area contributed by atoms with Crippen LogP contribution in [0, 0.1) is 20.2 Å². The lowest BCUT2D eigenvalue weighted by atomic mass is 10.2. The number of sulfone groups is 2. The van der Waals surface area contributed by atoms with Crippen LogP contribution in [0.4, 0.5) is 22.7 Å². The van der Waals surface area contributed by atoms with Crippen LogP contribution in [0.3, 0.4) is 0 Å². The summed E-state index contributed by atoms with van der Waals surface area (Å²) in [5, 5.41) is 27.0. The standard InChI is InChI=1S/C18H20N4O8S2/c1-3-31(27,28)18(32(29,30)4-2)17(19-13-5-9-15(10-6-13)21(23)24)20-14-7-11-16(12-8-14)22(25)26/h5-12,19-20H,3-4H2,1-2H3. The Morgan fingerprint density at radius 2 is 1.03 bits per heavy atom. The summed E-state index contributed by atoms with van der Waals surface area (Å²) in [5.74, 6) is -1.42. The number of benzene rings is 2.